The lowest BCUT2D eigenvalue weighted by atomic mass is 10.1. The first-order valence-corrected chi connectivity index (χ1v) is 10.6. The number of carbonyl (C=O) groups excluding carboxylic acids is 1. The van der Waals surface area contributed by atoms with Crippen molar-refractivity contribution in [3.8, 4) is 11.6 Å². The maximum absolute atomic E-state index is 12.3. The number of nitrogens with one attached hydrogen (secondary N) is 1. The second-order valence-electron chi connectivity index (χ2n) is 6.16. The van der Waals surface area contributed by atoms with E-state index in [1.54, 1.807) is 17.6 Å². The number of nitrogens with zero attached hydrogens (tertiary/aromatic N) is 4. The Labute approximate surface area is 166 Å². The van der Waals surface area contributed by atoms with Gasteiger partial charge in [-0.25, -0.2) is 0 Å². The Kier molecular flexibility index (Phi) is 6.70. The van der Waals surface area contributed by atoms with Gasteiger partial charge in [-0.05, 0) is 55.5 Å². The summed E-state index contributed by atoms with van der Waals surface area (Å²) in [5, 5.41) is 16.3. The zero-order chi connectivity index (χ0) is 19.2. The largest absolute Gasteiger partial charge is 0.461 e. The smallest absolute Gasteiger partial charge is 0.230 e. The number of carbonyl (C=O) groups is 1. The Morgan fingerprint density at radius 1 is 1.41 bits per heavy atom. The fourth-order valence-electron chi connectivity index (χ4n) is 2.72. The van der Waals surface area contributed by atoms with Crippen LogP contribution in [0.15, 0.2) is 44.8 Å². The molecule has 1 atom stereocenters. The van der Waals surface area contributed by atoms with Crippen molar-refractivity contribution in [1.29, 1.82) is 0 Å². The molecule has 3 aromatic rings. The van der Waals surface area contributed by atoms with Crippen LogP contribution in [0.25, 0.3) is 11.6 Å². The van der Waals surface area contributed by atoms with Crippen molar-refractivity contribution in [3.05, 3.63) is 40.8 Å². The number of hydrogen-bond acceptors (Lipinski definition) is 7. The molecule has 9 heteroatoms. The van der Waals surface area contributed by atoms with Gasteiger partial charge in [-0.15, -0.1) is 10.2 Å². The van der Waals surface area contributed by atoms with Crippen LogP contribution in [-0.4, -0.2) is 52.0 Å². The zero-order valence-corrected chi connectivity index (χ0v) is 17.2. The number of aromatic nitrogens is 3. The molecule has 0 aromatic carbocycles. The van der Waals surface area contributed by atoms with E-state index in [2.05, 4.69) is 37.2 Å². The van der Waals surface area contributed by atoms with E-state index in [0.29, 0.717) is 35.6 Å². The summed E-state index contributed by atoms with van der Waals surface area (Å²) in [6.45, 7) is 3.29. The molecule has 0 saturated carbocycles. The van der Waals surface area contributed by atoms with Gasteiger partial charge in [0.25, 0.3) is 0 Å². The highest BCUT2D eigenvalue weighted by atomic mass is 32.2. The summed E-state index contributed by atoms with van der Waals surface area (Å²) in [6.07, 6.45) is 1.61. The van der Waals surface area contributed by atoms with Crippen LogP contribution in [0.1, 0.15) is 18.5 Å². The Bertz CT molecular complexity index is 843. The number of furan rings is 1. The molecule has 0 bridgehead atoms. The number of rotatable bonds is 9. The summed E-state index contributed by atoms with van der Waals surface area (Å²) in [4.78, 5) is 14.4. The molecule has 7 nitrogen and oxygen atoms in total. The summed E-state index contributed by atoms with van der Waals surface area (Å²) in [5.41, 5.74) is 1.21. The molecule has 0 aliphatic heterocycles. The zero-order valence-electron chi connectivity index (χ0n) is 15.6. The molecule has 1 unspecified atom stereocenters. The molecule has 0 aliphatic carbocycles. The lowest BCUT2D eigenvalue weighted by molar-refractivity contribution is -0.118. The van der Waals surface area contributed by atoms with Crippen LogP contribution in [0, 0.1) is 0 Å². The monoisotopic (exact) mass is 405 g/mol. The van der Waals surface area contributed by atoms with Gasteiger partial charge >= 0.3 is 0 Å². The highest BCUT2D eigenvalue weighted by molar-refractivity contribution is 7.99. The van der Waals surface area contributed by atoms with Gasteiger partial charge in [0.1, 0.15) is 0 Å². The molecule has 0 aliphatic rings. The first-order chi connectivity index (χ1) is 13.1. The van der Waals surface area contributed by atoms with Gasteiger partial charge in [-0.3, -0.25) is 9.36 Å². The number of likely N-dealkylation sites (N-methyl/N-ethyl adjacent to an activating group) is 1. The summed E-state index contributed by atoms with van der Waals surface area (Å²) in [6, 6.07) is 5.92. The second-order valence-corrected chi connectivity index (χ2v) is 7.88. The van der Waals surface area contributed by atoms with Crippen molar-refractivity contribution < 1.29 is 9.21 Å². The van der Waals surface area contributed by atoms with Crippen LogP contribution >= 0.6 is 23.1 Å². The summed E-state index contributed by atoms with van der Waals surface area (Å²) in [5.74, 6) is 1.62. The predicted octanol–water partition coefficient (Wildman–Crippen LogP) is 3.13. The quantitative estimate of drug-likeness (QED) is 0.551. The Morgan fingerprint density at radius 3 is 2.89 bits per heavy atom. The van der Waals surface area contributed by atoms with Gasteiger partial charge in [0.05, 0.1) is 18.1 Å². The molecule has 144 valence electrons. The average Bonchev–Trinajstić information content (AvgIpc) is 3.39. The van der Waals surface area contributed by atoms with E-state index in [1.807, 2.05) is 37.7 Å². The molecule has 3 aromatic heterocycles. The van der Waals surface area contributed by atoms with Crippen molar-refractivity contribution in [1.82, 2.24) is 25.0 Å². The van der Waals surface area contributed by atoms with Crippen LogP contribution < -0.4 is 5.32 Å². The third-order valence-electron chi connectivity index (χ3n) is 4.15. The molecule has 3 rings (SSSR count). The van der Waals surface area contributed by atoms with Crippen molar-refractivity contribution in [2.45, 2.75) is 24.7 Å². The van der Waals surface area contributed by atoms with Crippen LogP contribution in [0.4, 0.5) is 0 Å². The highest BCUT2D eigenvalue weighted by Crippen LogP contribution is 2.24. The van der Waals surface area contributed by atoms with Crippen molar-refractivity contribution in [2.75, 3.05) is 26.4 Å². The van der Waals surface area contributed by atoms with Crippen LogP contribution in [0.3, 0.4) is 0 Å². The Hall–Kier alpha value is -2.10. The normalized spacial score (nSPS) is 12.4. The molecular weight excluding hydrogens is 382 g/mol. The fourth-order valence-corrected chi connectivity index (χ4v) is 4.26. The number of thioether (sulfide) groups is 1. The van der Waals surface area contributed by atoms with E-state index in [4.69, 9.17) is 4.42 Å². The molecule has 0 saturated heterocycles. The summed E-state index contributed by atoms with van der Waals surface area (Å²) >= 11 is 3.04. The van der Waals surface area contributed by atoms with Gasteiger partial charge in [-0.2, -0.15) is 11.3 Å². The molecule has 1 N–H and O–H groups in total. The minimum absolute atomic E-state index is 0.0210. The van der Waals surface area contributed by atoms with Gasteiger partial charge in [0, 0.05) is 13.1 Å². The maximum Gasteiger partial charge on any atom is 0.230 e. The van der Waals surface area contributed by atoms with Gasteiger partial charge in [0.2, 0.25) is 5.91 Å². The summed E-state index contributed by atoms with van der Waals surface area (Å²) in [7, 11) is 4.03. The Balaban J connectivity index is 1.56. The van der Waals surface area contributed by atoms with Gasteiger partial charge in [0.15, 0.2) is 16.7 Å². The van der Waals surface area contributed by atoms with Gasteiger partial charge in [-0.1, -0.05) is 11.8 Å². The SMILES string of the molecule is CCn1c(SCC(=O)NCC(c2ccsc2)N(C)C)nnc1-c1ccco1. The third-order valence-corrected chi connectivity index (χ3v) is 5.82. The van der Waals surface area contributed by atoms with Crippen LogP contribution in [-0.2, 0) is 11.3 Å². The average molecular weight is 406 g/mol. The minimum atomic E-state index is -0.0210. The maximum atomic E-state index is 12.3. The third kappa shape index (κ3) is 4.79. The number of hydrogen-bond donors (Lipinski definition) is 1. The second kappa shape index (κ2) is 9.20. The van der Waals surface area contributed by atoms with E-state index in [-0.39, 0.29) is 11.9 Å². The van der Waals surface area contributed by atoms with Gasteiger partial charge < -0.3 is 14.6 Å². The van der Waals surface area contributed by atoms with Crippen molar-refractivity contribution in [2.24, 2.45) is 0 Å². The summed E-state index contributed by atoms with van der Waals surface area (Å²) < 4.78 is 7.36. The lowest BCUT2D eigenvalue weighted by Crippen LogP contribution is -2.35. The number of amides is 1. The van der Waals surface area contributed by atoms with E-state index < -0.39 is 0 Å². The Morgan fingerprint density at radius 2 is 2.26 bits per heavy atom. The van der Waals surface area contributed by atoms with Crippen LogP contribution in [0.5, 0.6) is 0 Å². The van der Waals surface area contributed by atoms with Crippen LogP contribution in [0.2, 0.25) is 0 Å². The molecule has 1 amide bonds. The fraction of sp³-hybridized carbons (Fsp3) is 0.389. The predicted molar refractivity (Wildman–Crippen MR) is 108 cm³/mol. The highest BCUT2D eigenvalue weighted by Gasteiger charge is 2.18. The molecule has 0 radical (unpaired) electrons. The minimum Gasteiger partial charge on any atom is -0.461 e. The molecule has 3 heterocycles. The molecule has 0 fully saturated rings. The molecule has 27 heavy (non-hydrogen) atoms. The van der Waals surface area contributed by atoms with Crippen molar-refractivity contribution >= 4 is 29.0 Å². The first-order valence-electron chi connectivity index (χ1n) is 8.65. The van der Waals surface area contributed by atoms with Crippen molar-refractivity contribution in [3.63, 3.8) is 0 Å². The number of thiophene rings is 1. The first kappa shape index (κ1) is 19.7. The molecule has 0 spiro atoms. The van der Waals surface area contributed by atoms with E-state index in [0.717, 1.165) is 0 Å². The lowest BCUT2D eigenvalue weighted by Gasteiger charge is -2.23. The molecular formula is C18H23N5O2S2. The topological polar surface area (TPSA) is 76.2 Å². The standard InChI is InChI=1S/C18H23N5O2S2/c1-4-23-17(15-6-5-8-25-15)20-21-18(23)27-12-16(24)19-10-14(22(2)3)13-7-9-26-11-13/h5-9,11,14H,4,10,12H2,1-3H3,(H,19,24). The van der Waals surface area contributed by atoms with E-state index in [1.165, 1.54) is 17.3 Å². The van der Waals surface area contributed by atoms with E-state index in [9.17, 15) is 4.79 Å². The van der Waals surface area contributed by atoms with E-state index >= 15 is 0 Å².